The number of nitrogens with zero attached hydrogens (tertiary/aromatic N) is 1. The maximum atomic E-state index is 12.4. The number of nitrogens with one attached hydrogen (secondary N) is 1. The number of rotatable bonds is 8. The highest BCUT2D eigenvalue weighted by Crippen LogP contribution is 2.31. The summed E-state index contributed by atoms with van der Waals surface area (Å²) in [7, 11) is 0. The first kappa shape index (κ1) is 20.0. The van der Waals surface area contributed by atoms with Crippen LogP contribution in [0.1, 0.15) is 28.1 Å². The number of thiophene rings is 1. The standard InChI is InChI=1S/C20H18N2O4S2/c23-15(16-7-4-12-27-16)8-9-18(24)21-10-11-22-19(25)17(28-20(22)26)13-14-5-2-1-3-6-14/h1-7,12-13H,8-11H2,(H,21,24)/b17-13-. The van der Waals surface area contributed by atoms with Gasteiger partial charge in [-0.25, -0.2) is 0 Å². The summed E-state index contributed by atoms with van der Waals surface area (Å²) in [6, 6.07) is 12.8. The van der Waals surface area contributed by atoms with Crippen molar-refractivity contribution < 1.29 is 19.2 Å². The monoisotopic (exact) mass is 414 g/mol. The van der Waals surface area contributed by atoms with E-state index in [0.29, 0.717) is 9.78 Å². The van der Waals surface area contributed by atoms with Crippen LogP contribution in [0.3, 0.4) is 0 Å². The molecule has 8 heteroatoms. The van der Waals surface area contributed by atoms with Crippen molar-refractivity contribution in [3.8, 4) is 0 Å². The zero-order valence-corrected chi connectivity index (χ0v) is 16.6. The minimum atomic E-state index is -0.360. The lowest BCUT2D eigenvalue weighted by molar-refractivity contribution is -0.124. The van der Waals surface area contributed by atoms with Gasteiger partial charge in [-0.15, -0.1) is 11.3 Å². The van der Waals surface area contributed by atoms with E-state index in [2.05, 4.69) is 5.32 Å². The van der Waals surface area contributed by atoms with Crippen molar-refractivity contribution in [3.05, 3.63) is 63.2 Å². The second-order valence-electron chi connectivity index (χ2n) is 5.99. The summed E-state index contributed by atoms with van der Waals surface area (Å²) in [5.74, 6) is -0.709. The zero-order chi connectivity index (χ0) is 19.9. The topological polar surface area (TPSA) is 83.6 Å². The van der Waals surface area contributed by atoms with E-state index in [0.717, 1.165) is 22.2 Å². The third kappa shape index (κ3) is 5.17. The average Bonchev–Trinajstić information content (AvgIpc) is 3.31. The first-order valence-corrected chi connectivity index (χ1v) is 10.4. The van der Waals surface area contributed by atoms with E-state index < -0.39 is 0 Å². The average molecular weight is 415 g/mol. The fourth-order valence-corrected chi connectivity index (χ4v) is 4.14. The van der Waals surface area contributed by atoms with E-state index >= 15 is 0 Å². The highest BCUT2D eigenvalue weighted by atomic mass is 32.2. The number of imide groups is 1. The number of hydrogen-bond donors (Lipinski definition) is 1. The molecule has 3 rings (SSSR count). The Kier molecular flexibility index (Phi) is 6.78. The first-order valence-electron chi connectivity index (χ1n) is 8.68. The van der Waals surface area contributed by atoms with Crippen LogP contribution in [0, 0.1) is 0 Å². The van der Waals surface area contributed by atoms with E-state index in [1.807, 2.05) is 35.7 Å². The molecule has 0 radical (unpaired) electrons. The van der Waals surface area contributed by atoms with E-state index in [1.165, 1.54) is 11.3 Å². The smallest absolute Gasteiger partial charge is 0.293 e. The van der Waals surface area contributed by atoms with Crippen molar-refractivity contribution in [2.75, 3.05) is 13.1 Å². The van der Waals surface area contributed by atoms with Gasteiger partial charge in [-0.2, -0.15) is 0 Å². The van der Waals surface area contributed by atoms with Gasteiger partial charge in [0.2, 0.25) is 5.91 Å². The number of benzene rings is 1. The Labute approximate surface area is 170 Å². The van der Waals surface area contributed by atoms with Gasteiger partial charge in [0.05, 0.1) is 9.78 Å². The molecule has 0 saturated carbocycles. The van der Waals surface area contributed by atoms with Crippen LogP contribution in [-0.4, -0.2) is 40.8 Å². The molecular formula is C20H18N2O4S2. The lowest BCUT2D eigenvalue weighted by atomic mass is 10.2. The molecule has 1 fully saturated rings. The molecule has 0 unspecified atom stereocenters. The summed E-state index contributed by atoms with van der Waals surface area (Å²) < 4.78 is 0. The van der Waals surface area contributed by atoms with Crippen LogP contribution in [0.2, 0.25) is 0 Å². The van der Waals surface area contributed by atoms with Crippen molar-refractivity contribution >= 4 is 52.0 Å². The van der Waals surface area contributed by atoms with Gasteiger partial charge < -0.3 is 5.32 Å². The van der Waals surface area contributed by atoms with Crippen molar-refractivity contribution in [1.29, 1.82) is 0 Å². The summed E-state index contributed by atoms with van der Waals surface area (Å²) in [5, 5.41) is 4.12. The zero-order valence-electron chi connectivity index (χ0n) is 14.9. The molecule has 28 heavy (non-hydrogen) atoms. The number of carbonyl (C=O) groups excluding carboxylic acids is 4. The number of carbonyl (C=O) groups is 4. The molecule has 6 nitrogen and oxygen atoms in total. The summed E-state index contributed by atoms with van der Waals surface area (Å²) >= 11 is 2.24. The van der Waals surface area contributed by atoms with Gasteiger partial charge in [-0.1, -0.05) is 36.4 Å². The number of Topliss-reactive ketones (excluding diaryl/α,β-unsaturated/α-hetero) is 1. The van der Waals surface area contributed by atoms with Gasteiger partial charge >= 0.3 is 0 Å². The molecule has 1 N–H and O–H groups in total. The van der Waals surface area contributed by atoms with Gasteiger partial charge in [0.15, 0.2) is 5.78 Å². The van der Waals surface area contributed by atoms with E-state index in [-0.39, 0.29) is 48.8 Å². The lowest BCUT2D eigenvalue weighted by Crippen LogP contribution is -2.37. The number of thioether (sulfide) groups is 1. The first-order chi connectivity index (χ1) is 13.5. The SMILES string of the molecule is O=C(CCC(=O)c1cccs1)NCCN1C(=O)S/C(=C\c2ccccc2)C1=O. The maximum absolute atomic E-state index is 12.4. The minimum Gasteiger partial charge on any atom is -0.354 e. The van der Waals surface area contributed by atoms with Crippen LogP contribution in [0.4, 0.5) is 4.79 Å². The largest absolute Gasteiger partial charge is 0.354 e. The summed E-state index contributed by atoms with van der Waals surface area (Å²) in [4.78, 5) is 50.4. The Bertz CT molecular complexity index is 908. The Hall–Kier alpha value is -2.71. The Balaban J connectivity index is 1.45. The molecule has 2 aromatic rings. The molecule has 1 aromatic heterocycles. The Morgan fingerprint density at radius 1 is 1.04 bits per heavy atom. The molecule has 0 spiro atoms. The van der Waals surface area contributed by atoms with E-state index in [4.69, 9.17) is 0 Å². The molecule has 2 heterocycles. The predicted octanol–water partition coefficient (Wildman–Crippen LogP) is 3.56. The number of ketones is 1. The highest BCUT2D eigenvalue weighted by Gasteiger charge is 2.34. The normalized spacial score (nSPS) is 15.3. The third-order valence-electron chi connectivity index (χ3n) is 4.00. The molecule has 1 saturated heterocycles. The van der Waals surface area contributed by atoms with Gasteiger partial charge in [0, 0.05) is 25.9 Å². The molecule has 1 aliphatic rings. The summed E-state index contributed by atoms with van der Waals surface area (Å²) in [6.07, 6.45) is 1.89. The summed E-state index contributed by atoms with van der Waals surface area (Å²) in [6.45, 7) is 0.254. The highest BCUT2D eigenvalue weighted by molar-refractivity contribution is 8.18. The fourth-order valence-electron chi connectivity index (χ4n) is 2.58. The van der Waals surface area contributed by atoms with E-state index in [1.54, 1.807) is 18.2 Å². The molecular weight excluding hydrogens is 396 g/mol. The summed E-state index contributed by atoms with van der Waals surface area (Å²) in [5.41, 5.74) is 0.844. The molecule has 1 aromatic carbocycles. The molecule has 0 bridgehead atoms. The van der Waals surface area contributed by atoms with Gasteiger partial charge in [-0.05, 0) is 34.8 Å². The van der Waals surface area contributed by atoms with Gasteiger partial charge in [0.25, 0.3) is 11.1 Å². The van der Waals surface area contributed by atoms with Crippen LogP contribution in [0.5, 0.6) is 0 Å². The lowest BCUT2D eigenvalue weighted by Gasteiger charge is -2.12. The minimum absolute atomic E-state index is 0.0675. The second-order valence-corrected chi connectivity index (χ2v) is 7.94. The van der Waals surface area contributed by atoms with Crippen molar-refractivity contribution in [2.24, 2.45) is 0 Å². The van der Waals surface area contributed by atoms with Crippen LogP contribution >= 0.6 is 23.1 Å². The Morgan fingerprint density at radius 2 is 1.82 bits per heavy atom. The molecule has 1 aliphatic heterocycles. The second kappa shape index (κ2) is 9.48. The third-order valence-corrected chi connectivity index (χ3v) is 5.82. The number of amides is 3. The van der Waals surface area contributed by atoms with Crippen LogP contribution in [0.15, 0.2) is 52.7 Å². The fraction of sp³-hybridized carbons (Fsp3) is 0.200. The predicted molar refractivity (Wildman–Crippen MR) is 110 cm³/mol. The molecule has 0 aliphatic carbocycles. The number of hydrogen-bond acceptors (Lipinski definition) is 6. The Morgan fingerprint density at radius 3 is 2.54 bits per heavy atom. The van der Waals surface area contributed by atoms with Gasteiger partial charge in [-0.3, -0.25) is 24.1 Å². The maximum Gasteiger partial charge on any atom is 0.293 e. The van der Waals surface area contributed by atoms with Crippen molar-refractivity contribution in [1.82, 2.24) is 10.2 Å². The molecule has 0 atom stereocenters. The molecule has 3 amide bonds. The van der Waals surface area contributed by atoms with Crippen molar-refractivity contribution in [2.45, 2.75) is 12.8 Å². The van der Waals surface area contributed by atoms with Crippen molar-refractivity contribution in [3.63, 3.8) is 0 Å². The van der Waals surface area contributed by atoms with Crippen LogP contribution < -0.4 is 5.32 Å². The van der Waals surface area contributed by atoms with Gasteiger partial charge in [0.1, 0.15) is 0 Å². The quantitative estimate of drug-likeness (QED) is 0.527. The van der Waals surface area contributed by atoms with Crippen LogP contribution in [0.25, 0.3) is 6.08 Å². The van der Waals surface area contributed by atoms with Crippen LogP contribution in [-0.2, 0) is 9.59 Å². The van der Waals surface area contributed by atoms with E-state index in [9.17, 15) is 19.2 Å². The molecule has 144 valence electrons.